The van der Waals surface area contributed by atoms with Gasteiger partial charge in [-0.1, -0.05) is 29.4 Å². The smallest absolute Gasteiger partial charge is 0.276 e. The van der Waals surface area contributed by atoms with Crippen molar-refractivity contribution in [1.29, 1.82) is 0 Å². The van der Waals surface area contributed by atoms with Crippen LogP contribution < -0.4 is 0 Å². The number of benzene rings is 1. The van der Waals surface area contributed by atoms with Gasteiger partial charge in [0.15, 0.2) is 0 Å². The van der Waals surface area contributed by atoms with E-state index in [0.29, 0.717) is 27.6 Å². The average Bonchev–Trinajstić information content (AvgIpc) is 2.76. The molecule has 0 aliphatic heterocycles. The fraction of sp³-hybridized carbons (Fsp3) is 0.273. The molecule has 0 fully saturated rings. The zero-order chi connectivity index (χ0) is 13.0. The molecule has 0 amide bonds. The number of hydrogen-bond acceptors (Lipinski definition) is 5. The Hall–Kier alpha value is -0.720. The van der Waals surface area contributed by atoms with Gasteiger partial charge < -0.3 is 4.42 Å². The van der Waals surface area contributed by atoms with Crippen LogP contribution in [0.4, 0.5) is 4.39 Å². The third-order valence-corrected chi connectivity index (χ3v) is 3.84. The molecule has 1 aromatic carbocycles. The van der Waals surface area contributed by atoms with Gasteiger partial charge in [0.1, 0.15) is 5.82 Å². The lowest BCUT2D eigenvalue weighted by atomic mass is 10.2. The van der Waals surface area contributed by atoms with E-state index in [4.69, 9.17) is 16.0 Å². The fourth-order valence-corrected chi connectivity index (χ4v) is 2.72. The van der Waals surface area contributed by atoms with Crippen LogP contribution in [0.1, 0.15) is 11.5 Å². The first-order chi connectivity index (χ1) is 8.69. The van der Waals surface area contributed by atoms with Gasteiger partial charge in [0, 0.05) is 10.8 Å². The zero-order valence-electron chi connectivity index (χ0n) is 9.52. The molecule has 3 nitrogen and oxygen atoms in total. The quantitative estimate of drug-likeness (QED) is 0.780. The van der Waals surface area contributed by atoms with Crippen LogP contribution >= 0.6 is 35.1 Å². The van der Waals surface area contributed by atoms with E-state index < -0.39 is 0 Å². The highest BCUT2D eigenvalue weighted by molar-refractivity contribution is 7.98. The highest BCUT2D eigenvalue weighted by Gasteiger charge is 2.08. The van der Waals surface area contributed by atoms with Crippen LogP contribution in [-0.4, -0.2) is 16.5 Å². The van der Waals surface area contributed by atoms with Crippen LogP contribution in [0.25, 0.3) is 0 Å². The third-order valence-electron chi connectivity index (χ3n) is 2.08. The molecule has 0 bridgehead atoms. The van der Waals surface area contributed by atoms with Gasteiger partial charge in [-0.15, -0.1) is 10.2 Å². The van der Waals surface area contributed by atoms with Gasteiger partial charge >= 0.3 is 0 Å². The molecule has 0 unspecified atom stereocenters. The summed E-state index contributed by atoms with van der Waals surface area (Å²) in [6.07, 6.45) is 1.97. The van der Waals surface area contributed by atoms with E-state index in [0.717, 1.165) is 5.56 Å². The monoisotopic (exact) mass is 304 g/mol. The number of aromatic nitrogens is 2. The summed E-state index contributed by atoms with van der Waals surface area (Å²) in [5, 5.41) is 8.72. The molecule has 1 heterocycles. The Balaban J connectivity index is 1.97. The van der Waals surface area contributed by atoms with Crippen LogP contribution in [0.5, 0.6) is 0 Å². The minimum atomic E-state index is -0.339. The van der Waals surface area contributed by atoms with E-state index >= 15 is 0 Å². The van der Waals surface area contributed by atoms with Gasteiger partial charge in [0.2, 0.25) is 5.89 Å². The minimum Gasteiger partial charge on any atom is -0.415 e. The zero-order valence-corrected chi connectivity index (χ0v) is 11.9. The van der Waals surface area contributed by atoms with Crippen molar-refractivity contribution < 1.29 is 8.81 Å². The van der Waals surface area contributed by atoms with Gasteiger partial charge in [-0.3, -0.25) is 0 Å². The molecular formula is C11H10ClFN2OS2. The largest absolute Gasteiger partial charge is 0.415 e. The molecule has 0 aliphatic carbocycles. The van der Waals surface area contributed by atoms with E-state index in [2.05, 4.69) is 10.2 Å². The lowest BCUT2D eigenvalue weighted by Crippen LogP contribution is -1.84. The van der Waals surface area contributed by atoms with Gasteiger partial charge in [-0.05, 0) is 24.0 Å². The Kier molecular flexibility index (Phi) is 4.91. The Morgan fingerprint density at radius 2 is 2.17 bits per heavy atom. The first-order valence-corrected chi connectivity index (χ1v) is 7.83. The van der Waals surface area contributed by atoms with Crippen LogP contribution in [0.15, 0.2) is 27.8 Å². The van der Waals surface area contributed by atoms with Crippen LogP contribution in [0.2, 0.25) is 5.02 Å². The second kappa shape index (κ2) is 6.45. The van der Waals surface area contributed by atoms with Crippen LogP contribution in [0.3, 0.4) is 0 Å². The van der Waals surface area contributed by atoms with Crippen LogP contribution in [-0.2, 0) is 11.5 Å². The molecule has 2 rings (SSSR count). The summed E-state index contributed by atoms with van der Waals surface area (Å²) in [7, 11) is 0. The van der Waals surface area contributed by atoms with Crippen molar-refractivity contribution in [3.05, 3.63) is 40.5 Å². The van der Waals surface area contributed by atoms with Gasteiger partial charge in [-0.2, -0.15) is 11.8 Å². The summed E-state index contributed by atoms with van der Waals surface area (Å²) in [5.41, 5.74) is 0.840. The molecule has 0 spiro atoms. The predicted octanol–water partition coefficient (Wildman–Crippen LogP) is 4.02. The van der Waals surface area contributed by atoms with Gasteiger partial charge in [0.05, 0.1) is 5.75 Å². The number of thioether (sulfide) groups is 2. The standard InChI is InChI=1S/C11H10ClFN2OS2/c1-17-6-10-14-15-11(16-10)18-5-7-2-3-8(13)4-9(7)12/h2-4H,5-6H2,1H3. The molecule has 0 radical (unpaired) electrons. The number of halogens is 2. The highest BCUT2D eigenvalue weighted by Crippen LogP contribution is 2.26. The number of nitrogens with zero attached hydrogens (tertiary/aromatic N) is 2. The molecule has 7 heteroatoms. The van der Waals surface area contributed by atoms with Crippen molar-refractivity contribution in [3.8, 4) is 0 Å². The van der Waals surface area contributed by atoms with Gasteiger partial charge in [0.25, 0.3) is 5.22 Å². The first kappa shape index (κ1) is 13.7. The molecule has 0 N–H and O–H groups in total. The van der Waals surface area contributed by atoms with Crippen LogP contribution in [0, 0.1) is 5.82 Å². The maximum Gasteiger partial charge on any atom is 0.276 e. The molecule has 1 aromatic heterocycles. The summed E-state index contributed by atoms with van der Waals surface area (Å²) < 4.78 is 18.3. The minimum absolute atomic E-state index is 0.339. The van der Waals surface area contributed by atoms with E-state index in [1.54, 1.807) is 17.8 Å². The summed E-state index contributed by atoms with van der Waals surface area (Å²) in [6, 6.07) is 4.34. The average molecular weight is 305 g/mol. The Morgan fingerprint density at radius 1 is 1.33 bits per heavy atom. The SMILES string of the molecule is CSCc1nnc(SCc2ccc(F)cc2Cl)o1. The van der Waals surface area contributed by atoms with Crippen molar-refractivity contribution in [2.75, 3.05) is 6.26 Å². The summed E-state index contributed by atoms with van der Waals surface area (Å²) in [4.78, 5) is 0. The highest BCUT2D eigenvalue weighted by atomic mass is 35.5. The second-order valence-corrected chi connectivity index (χ2v) is 5.62. The Bertz CT molecular complexity index is 536. The fourth-order valence-electron chi connectivity index (χ4n) is 1.26. The van der Waals surface area contributed by atoms with Crippen molar-refractivity contribution in [3.63, 3.8) is 0 Å². The van der Waals surface area contributed by atoms with E-state index in [1.165, 1.54) is 23.9 Å². The van der Waals surface area contributed by atoms with Gasteiger partial charge in [-0.25, -0.2) is 4.39 Å². The number of rotatable bonds is 5. The van der Waals surface area contributed by atoms with Crippen molar-refractivity contribution in [2.24, 2.45) is 0 Å². The Morgan fingerprint density at radius 3 is 2.89 bits per heavy atom. The Labute approximate surface area is 118 Å². The summed E-state index contributed by atoms with van der Waals surface area (Å²) in [5.74, 6) is 1.54. The topological polar surface area (TPSA) is 38.9 Å². The summed E-state index contributed by atoms with van der Waals surface area (Å²) in [6.45, 7) is 0. The first-order valence-electron chi connectivity index (χ1n) is 5.07. The van der Waals surface area contributed by atoms with Crippen molar-refractivity contribution in [2.45, 2.75) is 16.7 Å². The molecule has 0 saturated carbocycles. The number of hydrogen-bond donors (Lipinski definition) is 0. The summed E-state index contributed by atoms with van der Waals surface area (Å²) >= 11 is 8.93. The third kappa shape index (κ3) is 3.63. The lowest BCUT2D eigenvalue weighted by Gasteiger charge is -2.01. The molecule has 0 atom stereocenters. The predicted molar refractivity (Wildman–Crippen MR) is 72.5 cm³/mol. The molecular weight excluding hydrogens is 295 g/mol. The van der Waals surface area contributed by atoms with Crippen molar-refractivity contribution in [1.82, 2.24) is 10.2 Å². The molecule has 18 heavy (non-hydrogen) atoms. The normalized spacial score (nSPS) is 10.8. The van der Waals surface area contributed by atoms with E-state index in [1.807, 2.05) is 6.26 Å². The lowest BCUT2D eigenvalue weighted by molar-refractivity contribution is 0.426. The maximum absolute atomic E-state index is 12.9. The molecule has 0 saturated heterocycles. The second-order valence-electron chi connectivity index (χ2n) is 3.42. The van der Waals surface area contributed by atoms with E-state index in [9.17, 15) is 4.39 Å². The molecule has 2 aromatic rings. The maximum atomic E-state index is 12.9. The van der Waals surface area contributed by atoms with Crippen molar-refractivity contribution >= 4 is 35.1 Å². The van der Waals surface area contributed by atoms with E-state index in [-0.39, 0.29) is 5.82 Å². The molecule has 96 valence electrons. The molecule has 0 aliphatic rings.